The number of imide groups is 1. The average Bonchev–Trinajstić information content (AvgIpc) is 3.62. The summed E-state index contributed by atoms with van der Waals surface area (Å²) in [7, 11) is 3.79. The minimum atomic E-state index is -0.569. The summed E-state index contributed by atoms with van der Waals surface area (Å²) >= 11 is 0. The highest BCUT2D eigenvalue weighted by atomic mass is 19.1. The number of hydrogen-bond donors (Lipinski definition) is 3. The van der Waals surface area contributed by atoms with Gasteiger partial charge < -0.3 is 25.0 Å². The fourth-order valence-electron chi connectivity index (χ4n) is 10.4. The summed E-state index contributed by atoms with van der Waals surface area (Å²) in [6.07, 6.45) is 7.51. The summed E-state index contributed by atoms with van der Waals surface area (Å²) in [5.74, 6) is -0.947. The molecule has 0 saturated carbocycles. The number of piperidine rings is 3. The van der Waals surface area contributed by atoms with E-state index in [9.17, 15) is 19.2 Å². The van der Waals surface area contributed by atoms with Crippen LogP contribution >= 0.6 is 0 Å². The number of nitrogens with zero attached hydrogens (tertiary/aromatic N) is 7. The number of fused-ring (bicyclic) bond motifs is 1. The Morgan fingerprint density at radius 2 is 1.58 bits per heavy atom. The van der Waals surface area contributed by atoms with Crippen LogP contribution in [0.25, 0.3) is 16.7 Å². The number of aryl methyl sites for hydroxylation is 2. The topological polar surface area (TPSA) is 140 Å². The van der Waals surface area contributed by atoms with Crippen LogP contribution in [0.2, 0.25) is 0 Å². The summed E-state index contributed by atoms with van der Waals surface area (Å²) in [4.78, 5) is 63.6. The molecule has 65 heavy (non-hydrogen) atoms. The van der Waals surface area contributed by atoms with Gasteiger partial charge in [-0.05, 0) is 124 Å². The number of carbonyl (C=O) groups excluding carboxylic acids is 3. The van der Waals surface area contributed by atoms with Gasteiger partial charge >= 0.3 is 0 Å². The normalized spacial score (nSPS) is 19.5. The molecule has 9 rings (SSSR count). The van der Waals surface area contributed by atoms with Crippen molar-refractivity contribution in [3.8, 4) is 5.69 Å². The van der Waals surface area contributed by atoms with Crippen LogP contribution in [-0.4, -0.2) is 119 Å². The zero-order valence-corrected chi connectivity index (χ0v) is 37.4. The Hall–Kier alpha value is -6.13. The first kappa shape index (κ1) is 44.1. The Bertz CT molecular complexity index is 2640. The smallest absolute Gasteiger partial charge is 0.257 e. The fraction of sp³-hybridized carbons (Fsp3) is 0.449. The van der Waals surface area contributed by atoms with E-state index in [1.165, 1.54) is 12.1 Å². The second-order valence-electron chi connectivity index (χ2n) is 18.2. The summed E-state index contributed by atoms with van der Waals surface area (Å²) in [5, 5.41) is 9.29. The Labute approximate surface area is 377 Å². The summed E-state index contributed by atoms with van der Waals surface area (Å²) in [6, 6.07) is 15.1. The maximum absolute atomic E-state index is 16.0. The SMILES string of the molecule is CNc1ccn(-c2ccnc3c2cc(CN2CCC(c4c(C)cc(C(=O)N5CCC(CN6CCN(c7ccc(N[C@H]8CCC(=O)NC8=O)cc7F)CC6)CC5)cc4F)CC2)n3C)c(=O)c1. The van der Waals surface area contributed by atoms with E-state index in [1.54, 1.807) is 42.2 Å². The molecule has 4 aliphatic rings. The zero-order valence-electron chi connectivity index (χ0n) is 37.4. The van der Waals surface area contributed by atoms with Crippen LogP contribution in [0.3, 0.4) is 0 Å². The number of aromatic nitrogens is 3. The van der Waals surface area contributed by atoms with Gasteiger partial charge in [0.05, 0.1) is 11.4 Å². The Kier molecular flexibility index (Phi) is 12.7. The molecule has 16 heteroatoms. The summed E-state index contributed by atoms with van der Waals surface area (Å²) in [5.41, 5.74) is 6.31. The van der Waals surface area contributed by atoms with E-state index in [4.69, 9.17) is 0 Å². The third-order valence-corrected chi connectivity index (χ3v) is 14.1. The molecule has 1 atom stereocenters. The highest BCUT2D eigenvalue weighted by Gasteiger charge is 2.31. The highest BCUT2D eigenvalue weighted by Crippen LogP contribution is 2.35. The lowest BCUT2D eigenvalue weighted by molar-refractivity contribution is -0.133. The van der Waals surface area contributed by atoms with Gasteiger partial charge in [-0.1, -0.05) is 0 Å². The number of nitrogens with one attached hydrogen (secondary N) is 3. The van der Waals surface area contributed by atoms with Gasteiger partial charge in [0, 0.05) is 119 Å². The molecule has 4 saturated heterocycles. The first-order valence-corrected chi connectivity index (χ1v) is 22.9. The Balaban J connectivity index is 0.739. The lowest BCUT2D eigenvalue weighted by Crippen LogP contribution is -2.49. The summed E-state index contributed by atoms with van der Waals surface area (Å²) in [6.45, 7) is 9.42. The minimum absolute atomic E-state index is 0.0648. The number of carbonyl (C=O) groups is 3. The second-order valence-corrected chi connectivity index (χ2v) is 18.2. The number of amides is 3. The molecular weight excluding hydrogens is 831 g/mol. The van der Waals surface area contributed by atoms with E-state index < -0.39 is 11.9 Å². The number of pyridine rings is 2. The van der Waals surface area contributed by atoms with Crippen LogP contribution in [0.4, 0.5) is 25.8 Å². The van der Waals surface area contributed by atoms with E-state index in [1.807, 2.05) is 37.1 Å². The van der Waals surface area contributed by atoms with Crippen molar-refractivity contribution in [3.05, 3.63) is 111 Å². The molecule has 7 heterocycles. The van der Waals surface area contributed by atoms with Gasteiger partial charge in [0.25, 0.3) is 11.5 Å². The van der Waals surface area contributed by atoms with E-state index in [0.29, 0.717) is 62.0 Å². The van der Waals surface area contributed by atoms with Crippen molar-refractivity contribution < 1.29 is 23.2 Å². The van der Waals surface area contributed by atoms with Crippen molar-refractivity contribution in [2.75, 3.05) is 81.5 Å². The van der Waals surface area contributed by atoms with Crippen LogP contribution in [0.5, 0.6) is 0 Å². The molecule has 4 fully saturated rings. The average molecular weight is 889 g/mol. The van der Waals surface area contributed by atoms with Crippen molar-refractivity contribution in [1.82, 2.24) is 34.1 Å². The van der Waals surface area contributed by atoms with Crippen LogP contribution in [0.1, 0.15) is 71.6 Å². The van der Waals surface area contributed by atoms with Gasteiger partial charge in [-0.15, -0.1) is 0 Å². The highest BCUT2D eigenvalue weighted by molar-refractivity contribution is 6.01. The zero-order chi connectivity index (χ0) is 45.4. The lowest BCUT2D eigenvalue weighted by Gasteiger charge is -2.39. The minimum Gasteiger partial charge on any atom is -0.388 e. The molecule has 0 spiro atoms. The predicted octanol–water partition coefficient (Wildman–Crippen LogP) is 5.62. The van der Waals surface area contributed by atoms with Crippen LogP contribution in [-0.2, 0) is 23.2 Å². The summed E-state index contributed by atoms with van der Waals surface area (Å²) < 4.78 is 35.0. The molecule has 0 unspecified atom stereocenters. The first-order chi connectivity index (χ1) is 31.4. The maximum atomic E-state index is 16.0. The predicted molar refractivity (Wildman–Crippen MR) is 248 cm³/mol. The molecule has 0 radical (unpaired) electrons. The molecule has 14 nitrogen and oxygen atoms in total. The third kappa shape index (κ3) is 9.37. The number of benzene rings is 2. The van der Waals surface area contributed by atoms with Crippen molar-refractivity contribution >= 4 is 45.8 Å². The second kappa shape index (κ2) is 18.8. The van der Waals surface area contributed by atoms with Gasteiger partial charge in [0.2, 0.25) is 11.8 Å². The molecule has 2 aromatic carbocycles. The molecule has 3 aromatic heterocycles. The largest absolute Gasteiger partial charge is 0.388 e. The van der Waals surface area contributed by atoms with E-state index in [-0.39, 0.29) is 41.3 Å². The fourth-order valence-corrected chi connectivity index (χ4v) is 10.4. The molecule has 0 aliphatic carbocycles. The van der Waals surface area contributed by atoms with E-state index in [2.05, 4.69) is 46.3 Å². The van der Waals surface area contributed by atoms with Crippen LogP contribution in [0.15, 0.2) is 71.8 Å². The third-order valence-electron chi connectivity index (χ3n) is 14.1. The number of anilines is 3. The standard InChI is InChI=1S/C49H58F2N10O4/c1-31-24-34(25-40(51)46(31)33-11-15-57(16-12-33)30-37-28-38-42(8-14-53-47(38)56(37)3)61-19-13-35(52-2)27-45(61)63)49(65)60-17-9-32(10-18-60)29-58-20-22-59(23-21-58)43-6-4-36(26-39(43)50)54-41-5-7-44(62)55-48(41)64/h4,6,8,13-14,19,24-28,32-33,41,52,54H,5,7,9-12,15-18,20-23,29-30H2,1-3H3,(H,55,62,64)/t41-/m0/s1. The number of likely N-dealkylation sites (tertiary alicyclic amines) is 2. The number of rotatable bonds is 11. The van der Waals surface area contributed by atoms with Gasteiger partial charge in [-0.2, -0.15) is 0 Å². The lowest BCUT2D eigenvalue weighted by atomic mass is 9.85. The van der Waals surface area contributed by atoms with Crippen molar-refractivity contribution in [2.45, 2.75) is 64.0 Å². The van der Waals surface area contributed by atoms with Gasteiger partial charge in [0.15, 0.2) is 0 Å². The molecule has 4 aliphatic heterocycles. The molecule has 3 amide bonds. The van der Waals surface area contributed by atoms with Gasteiger partial charge in [0.1, 0.15) is 23.3 Å². The van der Waals surface area contributed by atoms with Crippen molar-refractivity contribution in [2.24, 2.45) is 13.0 Å². The molecular formula is C49H58F2N10O4. The van der Waals surface area contributed by atoms with E-state index in [0.717, 1.165) is 97.6 Å². The van der Waals surface area contributed by atoms with Crippen molar-refractivity contribution in [3.63, 3.8) is 0 Å². The monoisotopic (exact) mass is 888 g/mol. The van der Waals surface area contributed by atoms with Crippen LogP contribution < -0.4 is 26.4 Å². The van der Waals surface area contributed by atoms with Crippen LogP contribution in [0, 0.1) is 24.5 Å². The number of piperazine rings is 1. The molecule has 5 aromatic rings. The number of halogens is 2. The Morgan fingerprint density at radius 3 is 2.28 bits per heavy atom. The van der Waals surface area contributed by atoms with Gasteiger partial charge in [-0.25, -0.2) is 13.8 Å². The Morgan fingerprint density at radius 1 is 0.815 bits per heavy atom. The van der Waals surface area contributed by atoms with E-state index >= 15 is 8.78 Å². The molecule has 3 N–H and O–H groups in total. The van der Waals surface area contributed by atoms with Gasteiger partial charge in [-0.3, -0.25) is 38.9 Å². The maximum Gasteiger partial charge on any atom is 0.257 e. The first-order valence-electron chi connectivity index (χ1n) is 22.9. The van der Waals surface area contributed by atoms with Crippen molar-refractivity contribution in [1.29, 1.82) is 0 Å². The molecule has 0 bridgehead atoms. The number of hydrogen-bond acceptors (Lipinski definition) is 10. The molecule has 342 valence electrons. The quantitative estimate of drug-likeness (QED) is 0.143.